The van der Waals surface area contributed by atoms with Crippen molar-refractivity contribution in [2.45, 2.75) is 45.3 Å². The molecule has 0 amide bonds. The van der Waals surface area contributed by atoms with Gasteiger partial charge in [-0.15, -0.1) is 0 Å². The molecule has 0 aliphatic carbocycles. The van der Waals surface area contributed by atoms with Crippen molar-refractivity contribution in [2.24, 2.45) is 12.0 Å². The van der Waals surface area contributed by atoms with E-state index in [4.69, 9.17) is 0 Å². The molecule has 0 aromatic carbocycles. The van der Waals surface area contributed by atoms with E-state index in [2.05, 4.69) is 43.9 Å². The highest BCUT2D eigenvalue weighted by Crippen LogP contribution is 2.13. The molecule has 1 saturated heterocycles. The quantitative estimate of drug-likeness (QED) is 0.622. The van der Waals surface area contributed by atoms with Crippen molar-refractivity contribution in [3.8, 4) is 0 Å². The molecule has 7 heteroatoms. The molecule has 0 radical (unpaired) electrons. The topological polar surface area (TPSA) is 60.7 Å². The largest absolute Gasteiger partial charge is 0.354 e. The van der Waals surface area contributed by atoms with Gasteiger partial charge < -0.3 is 25.0 Å². The van der Waals surface area contributed by atoms with Crippen LogP contribution in [0.15, 0.2) is 11.2 Å². The third-order valence-electron chi connectivity index (χ3n) is 4.72. The minimum Gasteiger partial charge on any atom is -0.354 e. The number of hydrogen-bond acceptors (Lipinski definition) is 4. The van der Waals surface area contributed by atoms with Gasteiger partial charge in [-0.3, -0.25) is 4.99 Å². The summed E-state index contributed by atoms with van der Waals surface area (Å²) in [6.07, 6.45) is 4.24. The normalized spacial score (nSPS) is 17.4. The van der Waals surface area contributed by atoms with Gasteiger partial charge in [0.05, 0.1) is 18.4 Å². The zero-order valence-corrected chi connectivity index (χ0v) is 16.0. The predicted molar refractivity (Wildman–Crippen MR) is 101 cm³/mol. The van der Waals surface area contributed by atoms with Gasteiger partial charge in [0.15, 0.2) is 5.96 Å². The van der Waals surface area contributed by atoms with E-state index in [-0.39, 0.29) is 0 Å². The van der Waals surface area contributed by atoms with Crippen molar-refractivity contribution in [2.75, 3.05) is 39.1 Å². The van der Waals surface area contributed by atoms with Crippen LogP contribution in [-0.4, -0.2) is 66.7 Å². The van der Waals surface area contributed by atoms with Crippen LogP contribution in [0.25, 0.3) is 0 Å². The first-order valence-electron chi connectivity index (χ1n) is 8.81. The second-order valence-corrected chi connectivity index (χ2v) is 6.98. The predicted octanol–water partition coefficient (Wildman–Crippen LogP) is 1.02. The number of guanidine groups is 1. The molecule has 0 bridgehead atoms. The van der Waals surface area contributed by atoms with E-state index in [9.17, 15) is 0 Å². The molecule has 0 spiro atoms. The SMILES string of the molecule is CN=C(NCc1cnc(N(C)C)n1C)NC1CCN(C(C)C)CC1. The van der Waals surface area contributed by atoms with Gasteiger partial charge in [-0.05, 0) is 26.7 Å². The fourth-order valence-electron chi connectivity index (χ4n) is 3.14. The zero-order valence-electron chi connectivity index (χ0n) is 16.0. The summed E-state index contributed by atoms with van der Waals surface area (Å²) >= 11 is 0. The Labute approximate surface area is 146 Å². The van der Waals surface area contributed by atoms with Gasteiger partial charge in [0.1, 0.15) is 0 Å². The molecule has 1 aliphatic rings. The average Bonchev–Trinajstić information content (AvgIpc) is 2.93. The van der Waals surface area contributed by atoms with Gasteiger partial charge in [0.25, 0.3) is 0 Å². The molecule has 1 aromatic heterocycles. The first-order valence-corrected chi connectivity index (χ1v) is 8.81. The van der Waals surface area contributed by atoms with Crippen LogP contribution in [0, 0.1) is 0 Å². The van der Waals surface area contributed by atoms with Crippen molar-refractivity contribution >= 4 is 11.9 Å². The van der Waals surface area contributed by atoms with E-state index in [0.717, 1.165) is 43.5 Å². The van der Waals surface area contributed by atoms with Crippen LogP contribution in [0.4, 0.5) is 5.95 Å². The number of nitrogens with one attached hydrogen (secondary N) is 2. The summed E-state index contributed by atoms with van der Waals surface area (Å²) in [5.41, 5.74) is 1.14. The van der Waals surface area contributed by atoms with E-state index in [1.165, 1.54) is 0 Å². The maximum Gasteiger partial charge on any atom is 0.204 e. The van der Waals surface area contributed by atoms with Crippen molar-refractivity contribution in [1.29, 1.82) is 0 Å². The third kappa shape index (κ3) is 4.63. The molecule has 2 N–H and O–H groups in total. The Hall–Kier alpha value is -1.76. The highest BCUT2D eigenvalue weighted by molar-refractivity contribution is 5.79. The molecule has 0 atom stereocenters. The Balaban J connectivity index is 1.83. The van der Waals surface area contributed by atoms with Gasteiger partial charge in [-0.25, -0.2) is 4.98 Å². The van der Waals surface area contributed by atoms with Crippen LogP contribution in [0.3, 0.4) is 0 Å². The zero-order chi connectivity index (χ0) is 17.7. The lowest BCUT2D eigenvalue weighted by Crippen LogP contribution is -2.49. The number of imidazole rings is 1. The molecular formula is C17H33N7. The van der Waals surface area contributed by atoms with E-state index in [1.54, 1.807) is 0 Å². The van der Waals surface area contributed by atoms with E-state index in [1.807, 2.05) is 39.3 Å². The Morgan fingerprint density at radius 2 is 2.04 bits per heavy atom. The molecule has 1 fully saturated rings. The van der Waals surface area contributed by atoms with Crippen LogP contribution in [0.1, 0.15) is 32.4 Å². The van der Waals surface area contributed by atoms with E-state index < -0.39 is 0 Å². The van der Waals surface area contributed by atoms with Gasteiger partial charge >= 0.3 is 0 Å². The van der Waals surface area contributed by atoms with Gasteiger partial charge in [-0.1, -0.05) is 0 Å². The van der Waals surface area contributed by atoms with Crippen LogP contribution < -0.4 is 15.5 Å². The van der Waals surface area contributed by atoms with Gasteiger partial charge in [0, 0.05) is 53.4 Å². The number of nitrogens with zero attached hydrogens (tertiary/aromatic N) is 5. The molecule has 24 heavy (non-hydrogen) atoms. The lowest BCUT2D eigenvalue weighted by Gasteiger charge is -2.35. The van der Waals surface area contributed by atoms with Crippen molar-refractivity contribution < 1.29 is 0 Å². The minimum absolute atomic E-state index is 0.495. The second-order valence-electron chi connectivity index (χ2n) is 6.98. The highest BCUT2D eigenvalue weighted by Gasteiger charge is 2.21. The first-order chi connectivity index (χ1) is 11.4. The number of aliphatic imine (C=N–C) groups is 1. The van der Waals surface area contributed by atoms with Crippen molar-refractivity contribution in [3.05, 3.63) is 11.9 Å². The summed E-state index contributed by atoms with van der Waals surface area (Å²) in [6.45, 7) is 7.55. The fraction of sp³-hybridized carbons (Fsp3) is 0.765. The summed E-state index contributed by atoms with van der Waals surface area (Å²) in [4.78, 5) is 13.4. The van der Waals surface area contributed by atoms with E-state index in [0.29, 0.717) is 18.6 Å². The molecule has 1 aromatic rings. The van der Waals surface area contributed by atoms with E-state index >= 15 is 0 Å². The standard InChI is InChI=1S/C17H33N7/c1-13(2)24-9-7-14(8-10-24)21-16(18-3)19-11-15-12-20-17(22(4)5)23(15)6/h12-14H,7-11H2,1-6H3,(H2,18,19,21). The minimum atomic E-state index is 0.495. The molecule has 0 saturated carbocycles. The number of anilines is 1. The number of likely N-dealkylation sites (tertiary alicyclic amines) is 1. The van der Waals surface area contributed by atoms with Crippen LogP contribution in [-0.2, 0) is 13.6 Å². The number of rotatable bonds is 5. The van der Waals surface area contributed by atoms with Gasteiger partial charge in [-0.2, -0.15) is 0 Å². The molecule has 7 nitrogen and oxygen atoms in total. The van der Waals surface area contributed by atoms with Crippen molar-refractivity contribution in [3.63, 3.8) is 0 Å². The molecule has 0 unspecified atom stereocenters. The van der Waals surface area contributed by atoms with Crippen LogP contribution in [0.5, 0.6) is 0 Å². The fourth-order valence-corrected chi connectivity index (χ4v) is 3.14. The van der Waals surface area contributed by atoms with Crippen LogP contribution in [0.2, 0.25) is 0 Å². The summed E-state index contributed by atoms with van der Waals surface area (Å²) in [5.74, 6) is 1.82. The Kier molecular flexibility index (Phi) is 6.48. The van der Waals surface area contributed by atoms with Gasteiger partial charge in [0.2, 0.25) is 5.95 Å². The summed E-state index contributed by atoms with van der Waals surface area (Å²) in [7, 11) is 7.87. The summed E-state index contributed by atoms with van der Waals surface area (Å²) in [6, 6.07) is 1.13. The summed E-state index contributed by atoms with van der Waals surface area (Å²) in [5, 5.41) is 6.96. The number of piperidine rings is 1. The third-order valence-corrected chi connectivity index (χ3v) is 4.72. The maximum atomic E-state index is 4.44. The summed E-state index contributed by atoms with van der Waals surface area (Å²) < 4.78 is 2.10. The second kappa shape index (κ2) is 8.37. The van der Waals surface area contributed by atoms with Crippen LogP contribution >= 0.6 is 0 Å². The Bertz CT molecular complexity index is 539. The Morgan fingerprint density at radius 3 is 2.54 bits per heavy atom. The first kappa shape index (κ1) is 18.6. The number of aromatic nitrogens is 2. The molecule has 2 rings (SSSR count). The number of hydrogen-bond donors (Lipinski definition) is 2. The van der Waals surface area contributed by atoms with Crippen molar-refractivity contribution in [1.82, 2.24) is 25.1 Å². The molecule has 136 valence electrons. The smallest absolute Gasteiger partial charge is 0.204 e. The monoisotopic (exact) mass is 335 g/mol. The molecular weight excluding hydrogens is 302 g/mol. The highest BCUT2D eigenvalue weighted by atomic mass is 15.3. The lowest BCUT2D eigenvalue weighted by atomic mass is 10.0. The maximum absolute atomic E-state index is 4.44. The Morgan fingerprint density at radius 1 is 1.38 bits per heavy atom. The lowest BCUT2D eigenvalue weighted by molar-refractivity contribution is 0.167. The average molecular weight is 336 g/mol. The molecule has 2 heterocycles. The molecule has 1 aliphatic heterocycles.